The molecule has 2 heterocycles. The van der Waals surface area contributed by atoms with E-state index >= 15 is 0 Å². The van der Waals surface area contributed by atoms with Crippen LogP contribution >= 0.6 is 15.9 Å². The Morgan fingerprint density at radius 3 is 1.80 bits per heavy atom. The van der Waals surface area contributed by atoms with Crippen LogP contribution in [-0.4, -0.2) is 113 Å². The van der Waals surface area contributed by atoms with Gasteiger partial charge in [-0.05, 0) is 0 Å². The summed E-state index contributed by atoms with van der Waals surface area (Å²) in [5.74, 6) is -3.17. The summed E-state index contributed by atoms with van der Waals surface area (Å²) in [6, 6.07) is 0. The molecule has 0 amide bonds. The van der Waals surface area contributed by atoms with Crippen molar-refractivity contribution in [2.45, 2.75) is 87.8 Å². The van der Waals surface area contributed by atoms with E-state index in [0.717, 1.165) is 27.7 Å². The third-order valence-corrected chi connectivity index (χ3v) is 5.80. The van der Waals surface area contributed by atoms with Crippen LogP contribution in [0, 0.1) is 0 Å². The standard InChI is InChI=1S/C20H29BrO14/c1-7(23)29-6-12-16(30-8(2)24)17(31-9(3)25)18(32-10(4)26)20(34-12)35-15-11(5-22)33-19(21)14(28)13(15)27/h11-20,22,27-28H,5-6H2,1-4H3/t11-,12-,13-,14-,15-,16-,17+,18-,19-,20+/m1/s1. The van der Waals surface area contributed by atoms with E-state index in [1.807, 2.05) is 0 Å². The molecule has 2 rings (SSSR count). The number of carbonyl (C=O) groups excluding carboxylic acids is 4. The SMILES string of the molecule is CC(=O)OC[C@H]1O[C@@H](O[C@H]2[C@H](O)[C@@H](O)[C@H](Br)O[C@@H]2CO)[C@H](OC(C)=O)[C@@H](OC(C)=O)[C@@H]1OC(C)=O. The second-order valence-corrected chi connectivity index (χ2v) is 8.76. The highest BCUT2D eigenvalue weighted by Gasteiger charge is 2.55. The maximum absolute atomic E-state index is 11.9. The highest BCUT2D eigenvalue weighted by Crippen LogP contribution is 2.34. The second kappa shape index (κ2) is 12.9. The maximum atomic E-state index is 11.9. The van der Waals surface area contributed by atoms with Crippen LogP contribution < -0.4 is 0 Å². The highest BCUT2D eigenvalue weighted by molar-refractivity contribution is 9.09. The lowest BCUT2D eigenvalue weighted by Gasteiger charge is -2.47. The van der Waals surface area contributed by atoms with Gasteiger partial charge in [0.1, 0.15) is 42.1 Å². The van der Waals surface area contributed by atoms with Gasteiger partial charge in [0, 0.05) is 27.7 Å². The summed E-state index contributed by atoms with van der Waals surface area (Å²) in [5.41, 5.74) is 0. The number of hydrogen-bond donors (Lipinski definition) is 3. The molecular weight excluding hydrogens is 544 g/mol. The van der Waals surface area contributed by atoms with E-state index in [2.05, 4.69) is 15.9 Å². The van der Waals surface area contributed by atoms with Crippen LogP contribution in [-0.2, 0) is 52.3 Å². The van der Waals surface area contributed by atoms with Gasteiger partial charge in [-0.15, -0.1) is 0 Å². The molecule has 0 saturated carbocycles. The molecule has 0 unspecified atom stereocenters. The molecule has 3 N–H and O–H groups in total. The molecule has 0 aliphatic carbocycles. The fourth-order valence-electron chi connectivity index (χ4n) is 3.66. The van der Waals surface area contributed by atoms with Crippen LogP contribution in [0.4, 0.5) is 0 Å². The Hall–Kier alpha value is -1.88. The van der Waals surface area contributed by atoms with Crippen molar-refractivity contribution in [1.29, 1.82) is 0 Å². The van der Waals surface area contributed by atoms with Crippen LogP contribution in [0.15, 0.2) is 0 Å². The average Bonchev–Trinajstić information content (AvgIpc) is 2.75. The number of hydrogen-bond acceptors (Lipinski definition) is 14. The summed E-state index contributed by atoms with van der Waals surface area (Å²) in [5, 5.41) is 29.4. The van der Waals surface area contributed by atoms with Gasteiger partial charge in [-0.3, -0.25) is 19.2 Å². The molecule has 14 nitrogen and oxygen atoms in total. The van der Waals surface area contributed by atoms with E-state index in [9.17, 15) is 34.5 Å². The maximum Gasteiger partial charge on any atom is 0.303 e. The Kier molecular flexibility index (Phi) is 10.8. The first-order valence-electron chi connectivity index (χ1n) is 10.6. The largest absolute Gasteiger partial charge is 0.463 e. The molecular formula is C20H29BrO14. The minimum absolute atomic E-state index is 0.475. The molecule has 10 atom stereocenters. The Bertz CT molecular complexity index is 775. The number of aliphatic hydroxyl groups is 3. The van der Waals surface area contributed by atoms with E-state index in [4.69, 9.17) is 33.2 Å². The summed E-state index contributed by atoms with van der Waals surface area (Å²) in [7, 11) is 0. The quantitative estimate of drug-likeness (QED) is 0.169. The van der Waals surface area contributed by atoms with Gasteiger partial charge in [-0.1, -0.05) is 15.9 Å². The van der Waals surface area contributed by atoms with E-state index in [0.29, 0.717) is 0 Å². The van der Waals surface area contributed by atoms with Crippen molar-refractivity contribution in [2.24, 2.45) is 0 Å². The molecule has 0 aromatic heterocycles. The first kappa shape index (κ1) is 29.4. The van der Waals surface area contributed by atoms with Gasteiger partial charge in [0.05, 0.1) is 6.61 Å². The van der Waals surface area contributed by atoms with E-state index in [1.54, 1.807) is 0 Å². The number of aliphatic hydroxyl groups excluding tert-OH is 3. The second-order valence-electron chi connectivity index (χ2n) is 7.86. The van der Waals surface area contributed by atoms with Gasteiger partial charge in [0.2, 0.25) is 0 Å². The third kappa shape index (κ3) is 7.80. The third-order valence-electron chi connectivity index (χ3n) is 5.05. The van der Waals surface area contributed by atoms with Crippen molar-refractivity contribution in [3.8, 4) is 0 Å². The van der Waals surface area contributed by atoms with Crippen molar-refractivity contribution >= 4 is 39.8 Å². The molecule has 200 valence electrons. The molecule has 0 aromatic rings. The Labute approximate surface area is 208 Å². The average molecular weight is 573 g/mol. The number of ether oxygens (including phenoxy) is 7. The monoisotopic (exact) mass is 572 g/mol. The lowest BCUT2D eigenvalue weighted by molar-refractivity contribution is -0.340. The van der Waals surface area contributed by atoms with Crippen molar-refractivity contribution in [3.05, 3.63) is 0 Å². The van der Waals surface area contributed by atoms with Gasteiger partial charge >= 0.3 is 23.9 Å². The first-order valence-corrected chi connectivity index (χ1v) is 11.5. The molecule has 35 heavy (non-hydrogen) atoms. The van der Waals surface area contributed by atoms with Gasteiger partial charge in [0.15, 0.2) is 24.6 Å². The van der Waals surface area contributed by atoms with E-state index in [1.165, 1.54) is 0 Å². The lowest BCUT2D eigenvalue weighted by atomic mass is 9.96. The molecule has 0 spiro atoms. The number of rotatable bonds is 8. The summed E-state index contributed by atoms with van der Waals surface area (Å²) >= 11 is 3.03. The molecule has 2 aliphatic heterocycles. The van der Waals surface area contributed by atoms with Gasteiger partial charge in [-0.25, -0.2) is 0 Å². The zero-order valence-electron chi connectivity index (χ0n) is 19.4. The summed E-state index contributed by atoms with van der Waals surface area (Å²) in [6.45, 7) is 3.22. The fourth-order valence-corrected chi connectivity index (χ4v) is 4.25. The molecule has 2 fully saturated rings. The van der Waals surface area contributed by atoms with E-state index < -0.39 is 97.2 Å². The van der Waals surface area contributed by atoms with Crippen molar-refractivity contribution < 1.29 is 67.7 Å². The Morgan fingerprint density at radius 1 is 0.743 bits per heavy atom. The van der Waals surface area contributed by atoms with E-state index in [-0.39, 0.29) is 0 Å². The predicted molar refractivity (Wildman–Crippen MR) is 114 cm³/mol. The van der Waals surface area contributed by atoms with Crippen molar-refractivity contribution in [2.75, 3.05) is 13.2 Å². The zero-order chi connectivity index (χ0) is 26.4. The smallest absolute Gasteiger partial charge is 0.303 e. The summed E-state index contributed by atoms with van der Waals surface area (Å²) in [6.07, 6.45) is -13.0. The molecule has 2 aliphatic rings. The molecule has 0 bridgehead atoms. The van der Waals surface area contributed by atoms with Crippen LogP contribution in [0.25, 0.3) is 0 Å². The Morgan fingerprint density at radius 2 is 1.29 bits per heavy atom. The van der Waals surface area contributed by atoms with Gasteiger partial charge in [-0.2, -0.15) is 0 Å². The minimum Gasteiger partial charge on any atom is -0.463 e. The summed E-state index contributed by atoms with van der Waals surface area (Å²) in [4.78, 5) is 46.9. The molecule has 2 saturated heterocycles. The van der Waals surface area contributed by atoms with Crippen molar-refractivity contribution in [3.63, 3.8) is 0 Å². The molecule has 0 radical (unpaired) electrons. The fraction of sp³-hybridized carbons (Fsp3) is 0.800. The zero-order valence-corrected chi connectivity index (χ0v) is 21.0. The topological polar surface area (TPSA) is 194 Å². The highest BCUT2D eigenvalue weighted by atomic mass is 79.9. The van der Waals surface area contributed by atoms with Gasteiger partial charge in [0.25, 0.3) is 0 Å². The molecule has 0 aromatic carbocycles. The van der Waals surface area contributed by atoms with Crippen LogP contribution in [0.3, 0.4) is 0 Å². The van der Waals surface area contributed by atoms with Crippen molar-refractivity contribution in [1.82, 2.24) is 0 Å². The van der Waals surface area contributed by atoms with Crippen LogP contribution in [0.1, 0.15) is 27.7 Å². The van der Waals surface area contributed by atoms with Crippen LogP contribution in [0.2, 0.25) is 0 Å². The number of carbonyl (C=O) groups is 4. The lowest BCUT2D eigenvalue weighted by Crippen LogP contribution is -2.65. The van der Waals surface area contributed by atoms with Gasteiger partial charge < -0.3 is 48.5 Å². The Balaban J connectivity index is 2.46. The predicted octanol–water partition coefficient (Wildman–Crippen LogP) is -1.71. The molecule has 15 heteroatoms. The normalized spacial score (nSPS) is 37.1. The van der Waals surface area contributed by atoms with Crippen LogP contribution in [0.5, 0.6) is 0 Å². The minimum atomic E-state index is -1.62. The summed E-state index contributed by atoms with van der Waals surface area (Å²) < 4.78 is 37.8. The first-order chi connectivity index (χ1) is 16.3. The number of esters is 4. The number of halogens is 1. The number of alkyl halides is 1.